The molecule has 0 aliphatic carbocycles. The van der Waals surface area contributed by atoms with Gasteiger partial charge in [0.05, 0.1) is 0 Å². The van der Waals surface area contributed by atoms with Gasteiger partial charge in [-0.2, -0.15) is 0 Å². The highest BCUT2D eigenvalue weighted by Crippen LogP contribution is 2.15. The quantitative estimate of drug-likeness (QED) is 0.466. The molecule has 0 radical (unpaired) electrons. The minimum Gasteiger partial charge on any atom is -0.257 e. The normalized spacial score (nSPS) is 13.5. The van der Waals surface area contributed by atoms with Crippen LogP contribution in [0.1, 0.15) is 34.6 Å². The SMILES string of the molecule is C=C/C(=N\C(=C/C(=C)C)C(C)C)C(C)C. The summed E-state index contributed by atoms with van der Waals surface area (Å²) in [7, 11) is 0. The monoisotopic (exact) mass is 205 g/mol. The zero-order valence-corrected chi connectivity index (χ0v) is 10.7. The average molecular weight is 205 g/mol. The molecular weight excluding hydrogens is 182 g/mol. The Balaban J connectivity index is 5.12. The van der Waals surface area contributed by atoms with E-state index in [1.54, 1.807) is 0 Å². The van der Waals surface area contributed by atoms with Crippen LogP contribution in [-0.2, 0) is 0 Å². The lowest BCUT2D eigenvalue weighted by Crippen LogP contribution is -2.05. The number of rotatable bonds is 5. The molecular formula is C14H23N. The van der Waals surface area contributed by atoms with Crippen molar-refractivity contribution in [3.8, 4) is 0 Å². The first kappa shape index (κ1) is 13.9. The van der Waals surface area contributed by atoms with Crippen molar-refractivity contribution in [1.29, 1.82) is 0 Å². The predicted molar refractivity (Wildman–Crippen MR) is 70.2 cm³/mol. The van der Waals surface area contributed by atoms with E-state index >= 15 is 0 Å². The molecule has 0 spiro atoms. The van der Waals surface area contributed by atoms with Gasteiger partial charge in [-0.05, 0) is 30.9 Å². The minimum atomic E-state index is 0.412. The maximum atomic E-state index is 4.63. The van der Waals surface area contributed by atoms with Crippen molar-refractivity contribution in [2.75, 3.05) is 0 Å². The number of hydrogen-bond acceptors (Lipinski definition) is 1. The number of nitrogens with zero attached hydrogens (tertiary/aromatic N) is 1. The molecule has 0 heterocycles. The first-order chi connectivity index (χ1) is 6.88. The molecule has 0 aromatic rings. The summed E-state index contributed by atoms with van der Waals surface area (Å²) in [6, 6.07) is 0. The Labute approximate surface area is 94.3 Å². The third kappa shape index (κ3) is 5.36. The maximum absolute atomic E-state index is 4.63. The summed E-state index contributed by atoms with van der Waals surface area (Å²) in [5.74, 6) is 0.824. The van der Waals surface area contributed by atoms with Crippen molar-refractivity contribution in [2.24, 2.45) is 16.8 Å². The van der Waals surface area contributed by atoms with E-state index in [1.807, 2.05) is 19.1 Å². The van der Waals surface area contributed by atoms with Gasteiger partial charge < -0.3 is 0 Å². The van der Waals surface area contributed by atoms with Crippen LogP contribution >= 0.6 is 0 Å². The number of aliphatic imine (C=N–C) groups is 1. The van der Waals surface area contributed by atoms with Crippen LogP contribution in [-0.4, -0.2) is 5.71 Å². The van der Waals surface area contributed by atoms with Crippen molar-refractivity contribution in [3.05, 3.63) is 36.6 Å². The van der Waals surface area contributed by atoms with Gasteiger partial charge in [-0.25, -0.2) is 0 Å². The fourth-order valence-corrected chi connectivity index (χ4v) is 1.14. The highest BCUT2D eigenvalue weighted by atomic mass is 14.8. The molecule has 0 unspecified atom stereocenters. The summed E-state index contributed by atoms with van der Waals surface area (Å²) in [5, 5.41) is 0. The van der Waals surface area contributed by atoms with E-state index in [-0.39, 0.29) is 0 Å². The molecule has 0 aromatic carbocycles. The van der Waals surface area contributed by atoms with E-state index < -0.39 is 0 Å². The molecule has 0 fully saturated rings. The van der Waals surface area contributed by atoms with Gasteiger partial charge >= 0.3 is 0 Å². The molecule has 0 N–H and O–H groups in total. The van der Waals surface area contributed by atoms with E-state index in [4.69, 9.17) is 0 Å². The van der Waals surface area contributed by atoms with E-state index in [9.17, 15) is 0 Å². The first-order valence-electron chi connectivity index (χ1n) is 5.46. The van der Waals surface area contributed by atoms with Crippen molar-refractivity contribution < 1.29 is 0 Å². The second-order valence-corrected chi connectivity index (χ2v) is 4.47. The van der Waals surface area contributed by atoms with Gasteiger partial charge in [-0.3, -0.25) is 4.99 Å². The molecule has 1 nitrogen and oxygen atoms in total. The van der Waals surface area contributed by atoms with Crippen LogP contribution in [0.2, 0.25) is 0 Å². The van der Waals surface area contributed by atoms with Gasteiger partial charge in [0.15, 0.2) is 0 Å². The summed E-state index contributed by atoms with van der Waals surface area (Å²) in [5.41, 5.74) is 3.15. The largest absolute Gasteiger partial charge is 0.257 e. The second-order valence-electron chi connectivity index (χ2n) is 4.47. The lowest BCUT2D eigenvalue weighted by Gasteiger charge is -2.10. The molecule has 0 bridgehead atoms. The summed E-state index contributed by atoms with van der Waals surface area (Å²) >= 11 is 0. The van der Waals surface area contributed by atoms with E-state index in [0.717, 1.165) is 17.0 Å². The van der Waals surface area contributed by atoms with Gasteiger partial charge in [-0.1, -0.05) is 46.4 Å². The van der Waals surface area contributed by atoms with Gasteiger partial charge in [0, 0.05) is 11.4 Å². The molecule has 0 rings (SSSR count). The molecule has 15 heavy (non-hydrogen) atoms. The standard InChI is InChI=1S/C14H23N/c1-8-13(11(4)5)15-14(12(6)7)9-10(2)3/h8-9,11-12H,1-2H2,3-7H3/b14-9-,15-13+. The van der Waals surface area contributed by atoms with Crippen LogP contribution in [0, 0.1) is 11.8 Å². The van der Waals surface area contributed by atoms with Crippen LogP contribution in [0.4, 0.5) is 0 Å². The molecule has 1 heteroatoms. The van der Waals surface area contributed by atoms with Crippen LogP contribution in [0.15, 0.2) is 41.6 Å². The fourth-order valence-electron chi connectivity index (χ4n) is 1.14. The summed E-state index contributed by atoms with van der Waals surface area (Å²) < 4.78 is 0. The number of allylic oxidation sites excluding steroid dienone is 4. The van der Waals surface area contributed by atoms with Gasteiger partial charge in [0.1, 0.15) is 0 Å². The first-order valence-corrected chi connectivity index (χ1v) is 5.46. The van der Waals surface area contributed by atoms with Gasteiger partial charge in [-0.15, -0.1) is 0 Å². The highest BCUT2D eigenvalue weighted by molar-refractivity contribution is 5.96. The Morgan fingerprint density at radius 2 is 1.67 bits per heavy atom. The van der Waals surface area contributed by atoms with Crippen molar-refractivity contribution in [3.63, 3.8) is 0 Å². The van der Waals surface area contributed by atoms with Crippen molar-refractivity contribution >= 4 is 5.71 Å². The predicted octanol–water partition coefficient (Wildman–Crippen LogP) is 4.39. The maximum Gasteiger partial charge on any atom is 0.0434 e. The third-order valence-electron chi connectivity index (χ3n) is 2.04. The topological polar surface area (TPSA) is 12.4 Å². The zero-order chi connectivity index (χ0) is 12.0. The van der Waals surface area contributed by atoms with Crippen LogP contribution in [0.5, 0.6) is 0 Å². The molecule has 0 aliphatic rings. The lowest BCUT2D eigenvalue weighted by atomic mass is 10.1. The van der Waals surface area contributed by atoms with Gasteiger partial charge in [0.2, 0.25) is 0 Å². The minimum absolute atomic E-state index is 0.412. The molecule has 0 amide bonds. The average Bonchev–Trinajstić information content (AvgIpc) is 2.10. The second kappa shape index (κ2) is 6.39. The van der Waals surface area contributed by atoms with Crippen LogP contribution in [0.25, 0.3) is 0 Å². The lowest BCUT2D eigenvalue weighted by molar-refractivity contribution is 0.751. The molecule has 0 saturated heterocycles. The summed E-state index contributed by atoms with van der Waals surface area (Å²) in [6.07, 6.45) is 3.87. The third-order valence-corrected chi connectivity index (χ3v) is 2.04. The zero-order valence-electron chi connectivity index (χ0n) is 10.7. The van der Waals surface area contributed by atoms with Crippen LogP contribution < -0.4 is 0 Å². The molecule has 0 aromatic heterocycles. The van der Waals surface area contributed by atoms with Crippen molar-refractivity contribution in [1.82, 2.24) is 0 Å². The Bertz CT molecular complexity index is 290. The molecule has 0 atom stereocenters. The Morgan fingerprint density at radius 1 is 1.13 bits per heavy atom. The fraction of sp³-hybridized carbons (Fsp3) is 0.500. The Kier molecular flexibility index (Phi) is 5.92. The summed E-state index contributed by atoms with van der Waals surface area (Å²) in [4.78, 5) is 4.63. The molecule has 0 saturated carbocycles. The van der Waals surface area contributed by atoms with Crippen LogP contribution in [0.3, 0.4) is 0 Å². The smallest absolute Gasteiger partial charge is 0.0434 e. The van der Waals surface area contributed by atoms with E-state index in [1.165, 1.54) is 0 Å². The number of hydrogen-bond donors (Lipinski definition) is 0. The van der Waals surface area contributed by atoms with E-state index in [0.29, 0.717) is 11.8 Å². The highest BCUT2D eigenvalue weighted by Gasteiger charge is 2.05. The van der Waals surface area contributed by atoms with Crippen molar-refractivity contribution in [2.45, 2.75) is 34.6 Å². The molecule has 0 aliphatic heterocycles. The summed E-state index contributed by atoms with van der Waals surface area (Å²) in [6.45, 7) is 18.2. The Hall–Kier alpha value is -1.11. The Morgan fingerprint density at radius 3 is 1.93 bits per heavy atom. The van der Waals surface area contributed by atoms with E-state index in [2.05, 4.69) is 45.8 Å². The molecule has 84 valence electrons. The van der Waals surface area contributed by atoms with Gasteiger partial charge in [0.25, 0.3) is 0 Å².